The van der Waals surface area contributed by atoms with E-state index in [2.05, 4.69) is 5.32 Å². The number of nitrogens with one attached hydrogen (secondary N) is 1. The van der Waals surface area contributed by atoms with Crippen LogP contribution in [0.5, 0.6) is 11.5 Å². The Balaban J connectivity index is 1.54. The minimum Gasteiger partial charge on any atom is -0.490 e. The molecule has 0 bridgehead atoms. The maximum atomic E-state index is 13.1. The third-order valence-corrected chi connectivity index (χ3v) is 5.23. The van der Waals surface area contributed by atoms with E-state index in [1.165, 1.54) is 12.1 Å². The molecule has 1 amide bonds. The standard InChI is InChI=1S/C23H28ClFN2O3/c1-2-29-21-14-18(15-26-10-4-12-27-11-3-5-22(27)28)13-20(24)23(21)30-16-17-6-8-19(25)9-7-17/h6-9,13-14,26H,2-5,10-12,15-16H2,1H3. The molecule has 7 heteroatoms. The Morgan fingerprint density at radius 2 is 1.97 bits per heavy atom. The molecule has 0 spiro atoms. The minimum atomic E-state index is -0.282. The smallest absolute Gasteiger partial charge is 0.222 e. The van der Waals surface area contributed by atoms with Gasteiger partial charge in [0.25, 0.3) is 0 Å². The van der Waals surface area contributed by atoms with Crippen LogP contribution in [0, 0.1) is 5.82 Å². The molecule has 0 saturated carbocycles. The average Bonchev–Trinajstić information content (AvgIpc) is 3.13. The summed E-state index contributed by atoms with van der Waals surface area (Å²) >= 11 is 6.47. The molecule has 1 aliphatic heterocycles. The van der Waals surface area contributed by atoms with E-state index in [9.17, 15) is 9.18 Å². The first-order chi connectivity index (χ1) is 14.6. The quantitative estimate of drug-likeness (QED) is 0.527. The molecule has 1 heterocycles. The van der Waals surface area contributed by atoms with Crippen molar-refractivity contribution in [2.75, 3.05) is 26.2 Å². The van der Waals surface area contributed by atoms with Gasteiger partial charge in [0.15, 0.2) is 11.5 Å². The van der Waals surface area contributed by atoms with E-state index in [1.807, 2.05) is 24.0 Å². The summed E-state index contributed by atoms with van der Waals surface area (Å²) in [5, 5.41) is 3.87. The number of nitrogens with zero attached hydrogens (tertiary/aromatic N) is 1. The van der Waals surface area contributed by atoms with Crippen LogP contribution in [0.15, 0.2) is 36.4 Å². The second-order valence-electron chi connectivity index (χ2n) is 7.27. The van der Waals surface area contributed by atoms with E-state index in [0.717, 1.165) is 43.6 Å². The summed E-state index contributed by atoms with van der Waals surface area (Å²) in [5.41, 5.74) is 1.84. The van der Waals surface area contributed by atoms with Crippen molar-refractivity contribution in [3.05, 3.63) is 58.4 Å². The molecule has 1 fully saturated rings. The molecule has 0 unspecified atom stereocenters. The van der Waals surface area contributed by atoms with Gasteiger partial charge in [-0.2, -0.15) is 0 Å². The van der Waals surface area contributed by atoms with Crippen molar-refractivity contribution in [1.29, 1.82) is 0 Å². The van der Waals surface area contributed by atoms with Crippen molar-refractivity contribution in [2.24, 2.45) is 0 Å². The summed E-state index contributed by atoms with van der Waals surface area (Å²) in [6.07, 6.45) is 2.57. The molecule has 0 aromatic heterocycles. The van der Waals surface area contributed by atoms with E-state index < -0.39 is 0 Å². The molecular weight excluding hydrogens is 407 g/mol. The number of hydrogen-bond donors (Lipinski definition) is 1. The molecule has 162 valence electrons. The van der Waals surface area contributed by atoms with Crippen LogP contribution >= 0.6 is 11.6 Å². The number of ether oxygens (including phenoxy) is 2. The maximum Gasteiger partial charge on any atom is 0.222 e. The van der Waals surface area contributed by atoms with Crippen molar-refractivity contribution < 1.29 is 18.7 Å². The third kappa shape index (κ3) is 6.34. The second kappa shape index (κ2) is 11.2. The van der Waals surface area contributed by atoms with Gasteiger partial charge in [0.2, 0.25) is 5.91 Å². The molecule has 1 saturated heterocycles. The molecule has 0 atom stereocenters. The molecule has 1 N–H and O–H groups in total. The lowest BCUT2D eigenvalue weighted by molar-refractivity contribution is -0.127. The number of amides is 1. The average molecular weight is 435 g/mol. The first kappa shape index (κ1) is 22.4. The van der Waals surface area contributed by atoms with Crippen LogP contribution in [0.4, 0.5) is 4.39 Å². The summed E-state index contributed by atoms with van der Waals surface area (Å²) in [6, 6.07) is 9.94. The zero-order chi connectivity index (χ0) is 21.3. The van der Waals surface area contributed by atoms with Gasteiger partial charge in [-0.05, 0) is 61.7 Å². The first-order valence-electron chi connectivity index (χ1n) is 10.4. The van der Waals surface area contributed by atoms with Gasteiger partial charge in [-0.3, -0.25) is 4.79 Å². The highest BCUT2D eigenvalue weighted by Crippen LogP contribution is 2.37. The predicted octanol–water partition coefficient (Wildman–Crippen LogP) is 4.56. The third-order valence-electron chi connectivity index (χ3n) is 4.95. The maximum absolute atomic E-state index is 13.1. The second-order valence-corrected chi connectivity index (χ2v) is 7.67. The van der Waals surface area contributed by atoms with Crippen LogP contribution in [-0.4, -0.2) is 37.0 Å². The van der Waals surface area contributed by atoms with Crippen molar-refractivity contribution in [3.63, 3.8) is 0 Å². The molecule has 0 radical (unpaired) electrons. The van der Waals surface area contributed by atoms with Gasteiger partial charge in [0, 0.05) is 26.1 Å². The van der Waals surface area contributed by atoms with Gasteiger partial charge in [0.1, 0.15) is 12.4 Å². The van der Waals surface area contributed by atoms with Crippen molar-refractivity contribution >= 4 is 17.5 Å². The molecule has 5 nitrogen and oxygen atoms in total. The topological polar surface area (TPSA) is 50.8 Å². The fourth-order valence-electron chi connectivity index (χ4n) is 3.43. The lowest BCUT2D eigenvalue weighted by Gasteiger charge is -2.17. The Morgan fingerprint density at radius 3 is 2.67 bits per heavy atom. The van der Waals surface area contributed by atoms with Gasteiger partial charge < -0.3 is 19.7 Å². The monoisotopic (exact) mass is 434 g/mol. The van der Waals surface area contributed by atoms with Crippen molar-refractivity contribution in [2.45, 2.75) is 39.3 Å². The first-order valence-corrected chi connectivity index (χ1v) is 10.8. The lowest BCUT2D eigenvalue weighted by Crippen LogP contribution is -2.28. The van der Waals surface area contributed by atoms with Crippen LogP contribution in [-0.2, 0) is 17.9 Å². The number of carbonyl (C=O) groups excluding carboxylic acids is 1. The number of carbonyl (C=O) groups is 1. The van der Waals surface area contributed by atoms with Crippen LogP contribution in [0.1, 0.15) is 37.3 Å². The molecule has 30 heavy (non-hydrogen) atoms. The normalized spacial score (nSPS) is 13.7. The zero-order valence-corrected chi connectivity index (χ0v) is 18.0. The number of hydrogen-bond acceptors (Lipinski definition) is 4. The highest BCUT2D eigenvalue weighted by atomic mass is 35.5. The number of halogens is 2. The molecule has 0 aliphatic carbocycles. The molecule has 2 aromatic rings. The Kier molecular flexibility index (Phi) is 8.34. The summed E-state index contributed by atoms with van der Waals surface area (Å²) in [7, 11) is 0. The summed E-state index contributed by atoms with van der Waals surface area (Å²) < 4.78 is 24.7. The van der Waals surface area contributed by atoms with Gasteiger partial charge in [-0.15, -0.1) is 0 Å². The van der Waals surface area contributed by atoms with E-state index in [1.54, 1.807) is 12.1 Å². The Bertz CT molecular complexity index is 845. The highest BCUT2D eigenvalue weighted by molar-refractivity contribution is 6.32. The Morgan fingerprint density at radius 1 is 1.17 bits per heavy atom. The minimum absolute atomic E-state index is 0.263. The highest BCUT2D eigenvalue weighted by Gasteiger charge is 2.19. The van der Waals surface area contributed by atoms with Gasteiger partial charge >= 0.3 is 0 Å². The van der Waals surface area contributed by atoms with E-state index in [0.29, 0.717) is 36.1 Å². The number of benzene rings is 2. The summed E-state index contributed by atoms with van der Waals surface area (Å²) in [6.45, 7) is 5.80. The van der Waals surface area contributed by atoms with Crippen LogP contribution in [0.25, 0.3) is 0 Å². The van der Waals surface area contributed by atoms with Crippen molar-refractivity contribution in [3.8, 4) is 11.5 Å². The molecule has 2 aromatic carbocycles. The predicted molar refractivity (Wildman–Crippen MR) is 115 cm³/mol. The van der Waals surface area contributed by atoms with Crippen molar-refractivity contribution in [1.82, 2.24) is 10.2 Å². The Labute approximate surface area is 182 Å². The van der Waals surface area contributed by atoms with E-state index in [-0.39, 0.29) is 18.3 Å². The van der Waals surface area contributed by atoms with E-state index in [4.69, 9.17) is 21.1 Å². The largest absolute Gasteiger partial charge is 0.490 e. The zero-order valence-electron chi connectivity index (χ0n) is 17.3. The fraction of sp³-hybridized carbons (Fsp3) is 0.435. The lowest BCUT2D eigenvalue weighted by atomic mass is 10.2. The molecule has 3 rings (SSSR count). The fourth-order valence-corrected chi connectivity index (χ4v) is 3.72. The van der Waals surface area contributed by atoms with Gasteiger partial charge in [-0.1, -0.05) is 23.7 Å². The van der Waals surface area contributed by atoms with Gasteiger partial charge in [-0.25, -0.2) is 4.39 Å². The number of rotatable bonds is 11. The van der Waals surface area contributed by atoms with Crippen LogP contribution in [0.2, 0.25) is 5.02 Å². The summed E-state index contributed by atoms with van der Waals surface area (Å²) in [4.78, 5) is 13.6. The molecule has 1 aliphatic rings. The van der Waals surface area contributed by atoms with Crippen LogP contribution in [0.3, 0.4) is 0 Å². The Hall–Kier alpha value is -2.31. The van der Waals surface area contributed by atoms with Crippen LogP contribution < -0.4 is 14.8 Å². The SMILES string of the molecule is CCOc1cc(CNCCCN2CCCC2=O)cc(Cl)c1OCc1ccc(F)cc1. The summed E-state index contributed by atoms with van der Waals surface area (Å²) in [5.74, 6) is 1.06. The molecular formula is C23H28ClFN2O3. The number of likely N-dealkylation sites (tertiary alicyclic amines) is 1. The van der Waals surface area contributed by atoms with E-state index >= 15 is 0 Å². The van der Waals surface area contributed by atoms with Gasteiger partial charge in [0.05, 0.1) is 11.6 Å².